The second-order valence-corrected chi connectivity index (χ2v) is 4.93. The minimum atomic E-state index is -0.603. The molecule has 2 aromatic rings. The predicted octanol–water partition coefficient (Wildman–Crippen LogP) is 3.15. The van der Waals surface area contributed by atoms with Crippen molar-refractivity contribution in [2.45, 2.75) is 0 Å². The summed E-state index contributed by atoms with van der Waals surface area (Å²) in [7, 11) is 2.84. The van der Waals surface area contributed by atoms with Crippen molar-refractivity contribution in [1.29, 1.82) is 0 Å². The Morgan fingerprint density at radius 2 is 1.95 bits per heavy atom. The lowest BCUT2D eigenvalue weighted by atomic mass is 10.0. The molecule has 0 atom stereocenters. The monoisotopic (exact) mass is 311 g/mol. The Morgan fingerprint density at radius 1 is 1.25 bits per heavy atom. The van der Waals surface area contributed by atoms with Crippen molar-refractivity contribution in [2.75, 3.05) is 7.11 Å². The van der Waals surface area contributed by atoms with Gasteiger partial charge in [0, 0.05) is 30.4 Å². The number of aryl methyl sites for hydroxylation is 1. The zero-order valence-corrected chi connectivity index (χ0v) is 12.3. The number of rotatable bonds is 2. The van der Waals surface area contributed by atoms with Crippen LogP contribution in [0.15, 0.2) is 35.3 Å². The Balaban J connectivity index is 2.79. The summed E-state index contributed by atoms with van der Waals surface area (Å²) in [6.45, 7) is 0. The van der Waals surface area contributed by atoms with E-state index in [1.165, 1.54) is 23.9 Å². The molecule has 2 rings (SSSR count). The first-order valence-electron chi connectivity index (χ1n) is 5.69. The van der Waals surface area contributed by atoms with Gasteiger partial charge in [0.1, 0.15) is 0 Å². The van der Waals surface area contributed by atoms with Crippen LogP contribution in [-0.4, -0.2) is 17.6 Å². The first kappa shape index (κ1) is 14.6. The van der Waals surface area contributed by atoms with Gasteiger partial charge in [0.25, 0.3) is 5.56 Å². The summed E-state index contributed by atoms with van der Waals surface area (Å²) in [5.74, 6) is -0.603. The Hall–Kier alpha value is -1.78. The summed E-state index contributed by atoms with van der Waals surface area (Å²) in [6.07, 6.45) is 1.53. The van der Waals surface area contributed by atoms with Gasteiger partial charge >= 0.3 is 5.97 Å². The lowest BCUT2D eigenvalue weighted by molar-refractivity contribution is 0.0601. The number of nitrogens with zero attached hydrogens (tertiary/aromatic N) is 1. The fourth-order valence-corrected chi connectivity index (χ4v) is 2.24. The van der Waals surface area contributed by atoms with Gasteiger partial charge in [-0.25, -0.2) is 4.79 Å². The van der Waals surface area contributed by atoms with Crippen LogP contribution in [0.2, 0.25) is 10.0 Å². The van der Waals surface area contributed by atoms with E-state index in [-0.39, 0.29) is 11.1 Å². The second kappa shape index (κ2) is 5.69. The highest BCUT2D eigenvalue weighted by molar-refractivity contribution is 6.43. The van der Waals surface area contributed by atoms with Gasteiger partial charge < -0.3 is 9.30 Å². The smallest absolute Gasteiger partial charge is 0.338 e. The number of esters is 1. The molecule has 104 valence electrons. The molecule has 0 spiro atoms. The Morgan fingerprint density at radius 3 is 2.60 bits per heavy atom. The lowest BCUT2D eigenvalue weighted by Crippen LogP contribution is -2.19. The van der Waals surface area contributed by atoms with E-state index in [2.05, 4.69) is 0 Å². The number of hydrogen-bond donors (Lipinski definition) is 0. The lowest BCUT2D eigenvalue weighted by Gasteiger charge is -2.12. The highest BCUT2D eigenvalue weighted by Crippen LogP contribution is 2.34. The SMILES string of the molecule is COC(=O)c1cc(=O)n(C)cc1-c1cccc(Cl)c1Cl. The Bertz CT molecular complexity index is 738. The first-order chi connectivity index (χ1) is 9.45. The Kier molecular flexibility index (Phi) is 4.16. The van der Waals surface area contributed by atoms with Crippen LogP contribution in [0.4, 0.5) is 0 Å². The van der Waals surface area contributed by atoms with E-state index >= 15 is 0 Å². The number of carbonyl (C=O) groups excluding carboxylic acids is 1. The number of benzene rings is 1. The molecule has 0 N–H and O–H groups in total. The van der Waals surface area contributed by atoms with E-state index < -0.39 is 5.97 Å². The zero-order valence-electron chi connectivity index (χ0n) is 10.8. The van der Waals surface area contributed by atoms with Crippen LogP contribution in [0.1, 0.15) is 10.4 Å². The fraction of sp³-hybridized carbons (Fsp3) is 0.143. The molecule has 1 heterocycles. The van der Waals surface area contributed by atoms with Gasteiger partial charge in [-0.05, 0) is 6.07 Å². The van der Waals surface area contributed by atoms with E-state index in [4.69, 9.17) is 27.9 Å². The Labute approximate surface area is 125 Å². The van der Waals surface area contributed by atoms with Gasteiger partial charge in [0.05, 0.1) is 22.7 Å². The molecule has 0 aliphatic carbocycles. The minimum Gasteiger partial charge on any atom is -0.465 e. The van der Waals surface area contributed by atoms with E-state index in [0.717, 1.165) is 0 Å². The molecular weight excluding hydrogens is 301 g/mol. The van der Waals surface area contributed by atoms with Gasteiger partial charge in [-0.3, -0.25) is 4.79 Å². The van der Waals surface area contributed by atoms with Gasteiger partial charge in [-0.1, -0.05) is 35.3 Å². The summed E-state index contributed by atoms with van der Waals surface area (Å²) in [5.41, 5.74) is 0.897. The summed E-state index contributed by atoms with van der Waals surface area (Å²) < 4.78 is 6.06. The molecule has 0 radical (unpaired) electrons. The van der Waals surface area contributed by atoms with Gasteiger partial charge in [0.15, 0.2) is 0 Å². The normalized spacial score (nSPS) is 10.4. The molecular formula is C14H11Cl2NO3. The van der Waals surface area contributed by atoms with Crippen LogP contribution < -0.4 is 5.56 Å². The van der Waals surface area contributed by atoms with E-state index in [0.29, 0.717) is 21.2 Å². The van der Waals surface area contributed by atoms with Crippen LogP contribution in [0.25, 0.3) is 11.1 Å². The number of hydrogen-bond acceptors (Lipinski definition) is 3. The third-order valence-electron chi connectivity index (χ3n) is 2.88. The molecule has 0 unspecified atom stereocenters. The standard InChI is InChI=1S/C14H11Cl2NO3/c1-17-7-10(8-4-3-5-11(15)13(8)16)9(6-12(17)18)14(19)20-2/h3-7H,1-2H3. The van der Waals surface area contributed by atoms with Crippen LogP contribution in [0.5, 0.6) is 0 Å². The quantitative estimate of drug-likeness (QED) is 0.800. The minimum absolute atomic E-state index is 0.153. The van der Waals surface area contributed by atoms with Gasteiger partial charge in [0.2, 0.25) is 0 Å². The van der Waals surface area contributed by atoms with Crippen LogP contribution in [0, 0.1) is 0 Å². The maximum atomic E-state index is 11.8. The molecule has 20 heavy (non-hydrogen) atoms. The summed E-state index contributed by atoms with van der Waals surface area (Å²) in [5, 5.41) is 0.687. The zero-order chi connectivity index (χ0) is 14.9. The highest BCUT2D eigenvalue weighted by Gasteiger charge is 2.18. The van der Waals surface area contributed by atoms with Crippen molar-refractivity contribution in [2.24, 2.45) is 7.05 Å². The first-order valence-corrected chi connectivity index (χ1v) is 6.44. The summed E-state index contributed by atoms with van der Waals surface area (Å²) in [4.78, 5) is 23.5. The maximum Gasteiger partial charge on any atom is 0.338 e. The van der Waals surface area contributed by atoms with E-state index in [1.807, 2.05) is 0 Å². The number of halogens is 2. The summed E-state index contributed by atoms with van der Waals surface area (Å²) in [6, 6.07) is 6.31. The molecule has 0 amide bonds. The number of carbonyl (C=O) groups is 1. The summed E-state index contributed by atoms with van der Waals surface area (Å²) >= 11 is 12.2. The maximum absolute atomic E-state index is 11.8. The van der Waals surface area contributed by atoms with Crippen molar-refractivity contribution in [3.8, 4) is 11.1 Å². The number of methoxy groups -OCH3 is 1. The van der Waals surface area contributed by atoms with Gasteiger partial charge in [-0.15, -0.1) is 0 Å². The van der Waals surface area contributed by atoms with Crippen LogP contribution in [-0.2, 0) is 11.8 Å². The number of pyridine rings is 1. The molecule has 0 aliphatic heterocycles. The highest BCUT2D eigenvalue weighted by atomic mass is 35.5. The molecule has 0 aliphatic rings. The molecule has 4 nitrogen and oxygen atoms in total. The average molecular weight is 312 g/mol. The van der Waals surface area contributed by atoms with Crippen molar-refractivity contribution < 1.29 is 9.53 Å². The molecule has 1 aromatic carbocycles. The molecule has 0 saturated carbocycles. The van der Waals surface area contributed by atoms with E-state index in [9.17, 15) is 9.59 Å². The fourth-order valence-electron chi connectivity index (χ4n) is 1.84. The van der Waals surface area contributed by atoms with E-state index in [1.54, 1.807) is 25.2 Å². The molecule has 0 saturated heterocycles. The number of aromatic nitrogens is 1. The topological polar surface area (TPSA) is 48.3 Å². The van der Waals surface area contributed by atoms with Crippen molar-refractivity contribution in [1.82, 2.24) is 4.57 Å². The van der Waals surface area contributed by atoms with Crippen molar-refractivity contribution >= 4 is 29.2 Å². The second-order valence-electron chi connectivity index (χ2n) is 4.14. The van der Waals surface area contributed by atoms with Crippen LogP contribution in [0.3, 0.4) is 0 Å². The molecule has 0 fully saturated rings. The molecule has 0 bridgehead atoms. The van der Waals surface area contributed by atoms with Crippen molar-refractivity contribution in [3.63, 3.8) is 0 Å². The van der Waals surface area contributed by atoms with Crippen molar-refractivity contribution in [3.05, 3.63) is 56.4 Å². The third-order valence-corrected chi connectivity index (χ3v) is 3.69. The number of ether oxygens (including phenoxy) is 1. The van der Waals surface area contributed by atoms with Crippen LogP contribution >= 0.6 is 23.2 Å². The molecule has 6 heteroatoms. The predicted molar refractivity (Wildman–Crippen MR) is 78.5 cm³/mol. The van der Waals surface area contributed by atoms with Gasteiger partial charge in [-0.2, -0.15) is 0 Å². The largest absolute Gasteiger partial charge is 0.465 e. The third kappa shape index (κ3) is 2.57. The average Bonchev–Trinajstić information content (AvgIpc) is 2.43. The molecule has 1 aromatic heterocycles.